The van der Waals surface area contributed by atoms with Crippen LogP contribution in [0.15, 0.2) is 18.2 Å². The topological polar surface area (TPSA) is 15.3 Å². The van der Waals surface area contributed by atoms with E-state index in [1.807, 2.05) is 0 Å². The van der Waals surface area contributed by atoms with Crippen molar-refractivity contribution in [2.75, 3.05) is 24.5 Å². The lowest BCUT2D eigenvalue weighted by molar-refractivity contribution is 0.552. The SMILES string of the molecule is CCCNCc1ccc(N(CC(C)C)CC(C)C)cc1C. The van der Waals surface area contributed by atoms with Crippen LogP contribution in [0.3, 0.4) is 0 Å². The van der Waals surface area contributed by atoms with Gasteiger partial charge in [-0.15, -0.1) is 0 Å². The smallest absolute Gasteiger partial charge is 0.0369 e. The first-order valence-corrected chi connectivity index (χ1v) is 8.49. The number of benzene rings is 1. The summed E-state index contributed by atoms with van der Waals surface area (Å²) in [5.41, 5.74) is 4.18. The second-order valence-electron chi connectivity index (χ2n) is 6.98. The van der Waals surface area contributed by atoms with Gasteiger partial charge in [-0.05, 0) is 55.0 Å². The molecule has 0 saturated carbocycles. The summed E-state index contributed by atoms with van der Waals surface area (Å²) in [6.07, 6.45) is 1.19. The van der Waals surface area contributed by atoms with Crippen molar-refractivity contribution < 1.29 is 0 Å². The highest BCUT2D eigenvalue weighted by atomic mass is 15.1. The molecule has 1 aromatic carbocycles. The van der Waals surface area contributed by atoms with Gasteiger partial charge in [0.1, 0.15) is 0 Å². The van der Waals surface area contributed by atoms with Crippen molar-refractivity contribution in [1.82, 2.24) is 5.32 Å². The Kier molecular flexibility index (Phi) is 7.81. The molecule has 0 fully saturated rings. The van der Waals surface area contributed by atoms with Crippen LogP contribution in [0.2, 0.25) is 0 Å². The van der Waals surface area contributed by atoms with E-state index in [1.165, 1.54) is 23.2 Å². The maximum Gasteiger partial charge on any atom is 0.0369 e. The van der Waals surface area contributed by atoms with E-state index in [4.69, 9.17) is 0 Å². The fourth-order valence-corrected chi connectivity index (χ4v) is 2.64. The van der Waals surface area contributed by atoms with Gasteiger partial charge in [0.15, 0.2) is 0 Å². The molecular weight excluding hydrogens is 256 g/mol. The molecule has 0 spiro atoms. The van der Waals surface area contributed by atoms with Crippen LogP contribution in [-0.4, -0.2) is 19.6 Å². The van der Waals surface area contributed by atoms with Crippen molar-refractivity contribution >= 4 is 5.69 Å². The first-order chi connectivity index (χ1) is 9.93. The molecule has 1 rings (SSSR count). The Bertz CT molecular complexity index is 400. The number of aryl methyl sites for hydroxylation is 1. The van der Waals surface area contributed by atoms with Crippen molar-refractivity contribution in [2.24, 2.45) is 11.8 Å². The molecule has 0 aliphatic carbocycles. The van der Waals surface area contributed by atoms with E-state index in [9.17, 15) is 0 Å². The summed E-state index contributed by atoms with van der Waals surface area (Å²) in [4.78, 5) is 2.53. The highest BCUT2D eigenvalue weighted by molar-refractivity contribution is 5.51. The quantitative estimate of drug-likeness (QED) is 0.668. The van der Waals surface area contributed by atoms with Gasteiger partial charge in [-0.3, -0.25) is 0 Å². The number of anilines is 1. The average Bonchev–Trinajstić information content (AvgIpc) is 2.39. The van der Waals surface area contributed by atoms with Gasteiger partial charge in [-0.1, -0.05) is 40.7 Å². The lowest BCUT2D eigenvalue weighted by atomic mass is 10.1. The summed E-state index contributed by atoms with van der Waals surface area (Å²) in [5, 5.41) is 3.49. The van der Waals surface area contributed by atoms with Crippen molar-refractivity contribution in [2.45, 2.75) is 54.5 Å². The van der Waals surface area contributed by atoms with E-state index < -0.39 is 0 Å². The van der Waals surface area contributed by atoms with Crippen LogP contribution < -0.4 is 10.2 Å². The Morgan fingerprint density at radius 3 is 2.14 bits per heavy atom. The minimum absolute atomic E-state index is 0.690. The zero-order chi connectivity index (χ0) is 15.8. The summed E-state index contributed by atoms with van der Waals surface area (Å²) in [6, 6.07) is 6.94. The van der Waals surface area contributed by atoms with Crippen molar-refractivity contribution in [3.63, 3.8) is 0 Å². The Morgan fingerprint density at radius 1 is 1.05 bits per heavy atom. The Labute approximate surface area is 131 Å². The molecule has 0 heterocycles. The zero-order valence-corrected chi connectivity index (χ0v) is 14.9. The van der Waals surface area contributed by atoms with Gasteiger partial charge in [-0.25, -0.2) is 0 Å². The second kappa shape index (κ2) is 9.09. The molecule has 120 valence electrons. The van der Waals surface area contributed by atoms with Gasteiger partial charge in [-0.2, -0.15) is 0 Å². The Balaban J connectivity index is 2.81. The van der Waals surface area contributed by atoms with E-state index >= 15 is 0 Å². The molecule has 0 atom stereocenters. The van der Waals surface area contributed by atoms with E-state index in [2.05, 4.69) is 70.0 Å². The van der Waals surface area contributed by atoms with E-state index in [0.717, 1.165) is 26.2 Å². The normalized spacial score (nSPS) is 11.4. The molecule has 0 unspecified atom stereocenters. The van der Waals surface area contributed by atoms with Crippen LogP contribution in [0.4, 0.5) is 5.69 Å². The lowest BCUT2D eigenvalue weighted by Crippen LogP contribution is -2.31. The zero-order valence-electron chi connectivity index (χ0n) is 14.9. The molecular formula is C19H34N2. The predicted molar refractivity (Wildman–Crippen MR) is 95.1 cm³/mol. The van der Waals surface area contributed by atoms with Gasteiger partial charge in [0.05, 0.1) is 0 Å². The van der Waals surface area contributed by atoms with Crippen LogP contribution in [0, 0.1) is 18.8 Å². The van der Waals surface area contributed by atoms with Crippen molar-refractivity contribution in [3.05, 3.63) is 29.3 Å². The van der Waals surface area contributed by atoms with Crippen molar-refractivity contribution in [1.29, 1.82) is 0 Å². The standard InChI is InChI=1S/C19H34N2/c1-7-10-20-12-18-8-9-19(11-17(18)6)21(13-15(2)3)14-16(4)5/h8-9,11,15-16,20H,7,10,12-14H2,1-6H3. The first-order valence-electron chi connectivity index (χ1n) is 8.49. The largest absolute Gasteiger partial charge is 0.371 e. The van der Waals surface area contributed by atoms with Crippen LogP contribution in [0.25, 0.3) is 0 Å². The van der Waals surface area contributed by atoms with Crippen LogP contribution in [-0.2, 0) is 6.54 Å². The average molecular weight is 290 g/mol. The maximum absolute atomic E-state index is 3.49. The molecule has 1 aromatic rings. The van der Waals surface area contributed by atoms with Crippen LogP contribution >= 0.6 is 0 Å². The third-order valence-corrected chi connectivity index (χ3v) is 3.60. The fraction of sp³-hybridized carbons (Fsp3) is 0.684. The molecule has 0 aromatic heterocycles. The van der Waals surface area contributed by atoms with Crippen LogP contribution in [0.1, 0.15) is 52.2 Å². The summed E-state index contributed by atoms with van der Waals surface area (Å²) in [5.74, 6) is 1.38. The third kappa shape index (κ3) is 6.52. The summed E-state index contributed by atoms with van der Waals surface area (Å²) < 4.78 is 0. The number of hydrogen-bond donors (Lipinski definition) is 1. The fourth-order valence-electron chi connectivity index (χ4n) is 2.64. The summed E-state index contributed by atoms with van der Waals surface area (Å²) in [6.45, 7) is 17.9. The van der Waals surface area contributed by atoms with Gasteiger partial charge < -0.3 is 10.2 Å². The summed E-state index contributed by atoms with van der Waals surface area (Å²) >= 11 is 0. The molecule has 1 N–H and O–H groups in total. The minimum Gasteiger partial charge on any atom is -0.371 e. The lowest BCUT2D eigenvalue weighted by Gasteiger charge is -2.29. The number of nitrogens with zero attached hydrogens (tertiary/aromatic N) is 1. The molecule has 2 nitrogen and oxygen atoms in total. The number of hydrogen-bond acceptors (Lipinski definition) is 2. The minimum atomic E-state index is 0.690. The first kappa shape index (κ1) is 18.0. The molecule has 21 heavy (non-hydrogen) atoms. The van der Waals surface area contributed by atoms with E-state index in [-0.39, 0.29) is 0 Å². The van der Waals surface area contributed by atoms with Gasteiger partial charge in [0.2, 0.25) is 0 Å². The highest BCUT2D eigenvalue weighted by Crippen LogP contribution is 2.21. The molecule has 2 heteroatoms. The Morgan fingerprint density at radius 2 is 1.67 bits per heavy atom. The Hall–Kier alpha value is -1.02. The molecule has 0 aliphatic heterocycles. The monoisotopic (exact) mass is 290 g/mol. The van der Waals surface area contributed by atoms with Gasteiger partial charge in [0.25, 0.3) is 0 Å². The highest BCUT2D eigenvalue weighted by Gasteiger charge is 2.11. The number of nitrogens with one attached hydrogen (secondary N) is 1. The van der Waals surface area contributed by atoms with E-state index in [1.54, 1.807) is 0 Å². The third-order valence-electron chi connectivity index (χ3n) is 3.60. The predicted octanol–water partition coefficient (Wildman–Crippen LogP) is 4.61. The van der Waals surface area contributed by atoms with Gasteiger partial charge >= 0.3 is 0 Å². The molecule has 0 aliphatic rings. The molecule has 0 amide bonds. The van der Waals surface area contributed by atoms with E-state index in [0.29, 0.717) is 11.8 Å². The molecule has 0 saturated heterocycles. The maximum atomic E-state index is 3.49. The summed E-state index contributed by atoms with van der Waals surface area (Å²) in [7, 11) is 0. The molecule has 0 radical (unpaired) electrons. The second-order valence-corrected chi connectivity index (χ2v) is 6.98. The van der Waals surface area contributed by atoms with Gasteiger partial charge in [0, 0.05) is 25.3 Å². The van der Waals surface area contributed by atoms with Crippen molar-refractivity contribution in [3.8, 4) is 0 Å². The number of rotatable bonds is 9. The molecule has 0 bridgehead atoms. The van der Waals surface area contributed by atoms with Crippen LogP contribution in [0.5, 0.6) is 0 Å².